The Kier molecular flexibility index (Phi) is 8.42. The Balaban J connectivity index is 1.48. The number of hydrogen-bond acceptors (Lipinski definition) is 8. The van der Waals surface area contributed by atoms with Crippen LogP contribution in [0.2, 0.25) is 0 Å². The number of nitrogens with one attached hydrogen (secondary N) is 1. The van der Waals surface area contributed by atoms with Crippen LogP contribution in [0, 0.1) is 6.92 Å². The van der Waals surface area contributed by atoms with E-state index in [1.165, 1.54) is 11.8 Å². The lowest BCUT2D eigenvalue weighted by Gasteiger charge is -2.11. The van der Waals surface area contributed by atoms with Gasteiger partial charge in [0.1, 0.15) is 5.75 Å². The van der Waals surface area contributed by atoms with Gasteiger partial charge in [0.2, 0.25) is 0 Å². The fraction of sp³-hybridized carbons (Fsp3) is 0.185. The molecule has 1 aromatic heterocycles. The van der Waals surface area contributed by atoms with Crippen LogP contribution in [0.3, 0.4) is 0 Å². The van der Waals surface area contributed by atoms with E-state index in [2.05, 4.69) is 20.7 Å². The molecule has 3 aromatic carbocycles. The summed E-state index contributed by atoms with van der Waals surface area (Å²) in [6, 6.07) is 21.0. The van der Waals surface area contributed by atoms with Crippen molar-refractivity contribution in [1.82, 2.24) is 20.2 Å². The van der Waals surface area contributed by atoms with E-state index in [1.54, 1.807) is 39.7 Å². The number of ether oxygens (including phenoxy) is 3. The van der Waals surface area contributed by atoms with Crippen LogP contribution in [-0.4, -0.2) is 54.0 Å². The van der Waals surface area contributed by atoms with Crippen LogP contribution < -0.4 is 19.6 Å². The van der Waals surface area contributed by atoms with Gasteiger partial charge in [0.15, 0.2) is 22.5 Å². The van der Waals surface area contributed by atoms with Crippen LogP contribution in [0.1, 0.15) is 11.1 Å². The third kappa shape index (κ3) is 6.28. The topological polar surface area (TPSA) is 99.9 Å². The molecule has 0 unspecified atom stereocenters. The number of hydrazone groups is 1. The average Bonchev–Trinajstić information content (AvgIpc) is 3.36. The van der Waals surface area contributed by atoms with E-state index < -0.39 is 0 Å². The van der Waals surface area contributed by atoms with Crippen molar-refractivity contribution >= 4 is 23.9 Å². The number of benzene rings is 3. The number of amides is 1. The highest BCUT2D eigenvalue weighted by atomic mass is 32.2. The van der Waals surface area contributed by atoms with Crippen LogP contribution in [0.4, 0.5) is 0 Å². The molecule has 0 bridgehead atoms. The molecule has 9 nitrogen and oxygen atoms in total. The van der Waals surface area contributed by atoms with E-state index in [0.29, 0.717) is 22.5 Å². The maximum absolute atomic E-state index is 12.5. The van der Waals surface area contributed by atoms with Gasteiger partial charge < -0.3 is 14.2 Å². The smallest absolute Gasteiger partial charge is 0.250 e. The van der Waals surface area contributed by atoms with Gasteiger partial charge in [-0.1, -0.05) is 29.5 Å². The van der Waals surface area contributed by atoms with E-state index in [9.17, 15) is 4.79 Å². The lowest BCUT2D eigenvalue weighted by Crippen LogP contribution is -2.20. The lowest BCUT2D eigenvalue weighted by atomic mass is 10.2. The fourth-order valence-corrected chi connectivity index (χ4v) is 4.24. The van der Waals surface area contributed by atoms with Crippen LogP contribution in [0.25, 0.3) is 17.1 Å². The minimum atomic E-state index is -0.272. The highest BCUT2D eigenvalue weighted by Crippen LogP contribution is 2.29. The number of hydrogen-bond donors (Lipinski definition) is 1. The summed E-state index contributed by atoms with van der Waals surface area (Å²) in [5.74, 6) is 2.45. The normalized spacial score (nSPS) is 10.9. The number of nitrogens with zero attached hydrogens (tertiary/aromatic N) is 4. The predicted octanol–water partition coefficient (Wildman–Crippen LogP) is 4.51. The monoisotopic (exact) mass is 517 g/mol. The van der Waals surface area contributed by atoms with E-state index in [0.717, 1.165) is 28.1 Å². The number of carbonyl (C=O) groups is 1. The first-order valence-corrected chi connectivity index (χ1v) is 12.3. The van der Waals surface area contributed by atoms with E-state index in [-0.39, 0.29) is 11.7 Å². The fourth-order valence-electron chi connectivity index (χ4n) is 3.49. The van der Waals surface area contributed by atoms with E-state index in [4.69, 9.17) is 14.2 Å². The van der Waals surface area contributed by atoms with Crippen molar-refractivity contribution in [2.75, 3.05) is 27.1 Å². The number of aromatic nitrogens is 3. The second kappa shape index (κ2) is 12.1. The molecule has 1 N–H and O–H groups in total. The Hall–Kier alpha value is -4.31. The van der Waals surface area contributed by atoms with Crippen molar-refractivity contribution in [2.24, 2.45) is 5.10 Å². The zero-order valence-corrected chi connectivity index (χ0v) is 21.8. The molecule has 4 aromatic rings. The molecule has 0 saturated heterocycles. The molecule has 0 radical (unpaired) electrons. The molecule has 37 heavy (non-hydrogen) atoms. The third-order valence-electron chi connectivity index (χ3n) is 5.42. The largest absolute Gasteiger partial charge is 0.497 e. The van der Waals surface area contributed by atoms with Crippen molar-refractivity contribution in [3.8, 4) is 34.3 Å². The highest BCUT2D eigenvalue weighted by Gasteiger charge is 2.17. The average molecular weight is 518 g/mol. The number of rotatable bonds is 10. The van der Waals surface area contributed by atoms with Gasteiger partial charge in [-0.05, 0) is 67.1 Å². The molecule has 0 aliphatic heterocycles. The summed E-state index contributed by atoms with van der Waals surface area (Å²) in [5.41, 5.74) is 6.23. The van der Waals surface area contributed by atoms with Gasteiger partial charge in [0.05, 0.1) is 33.3 Å². The summed E-state index contributed by atoms with van der Waals surface area (Å²) < 4.78 is 17.7. The molecule has 4 rings (SSSR count). The Morgan fingerprint density at radius 1 is 0.946 bits per heavy atom. The summed E-state index contributed by atoms with van der Waals surface area (Å²) in [4.78, 5) is 12.5. The van der Waals surface area contributed by atoms with Gasteiger partial charge in [0.25, 0.3) is 5.91 Å². The molecule has 0 spiro atoms. The summed E-state index contributed by atoms with van der Waals surface area (Å²) in [6.45, 7) is 2.03. The molecular formula is C27H27N5O4S. The Morgan fingerprint density at radius 2 is 1.68 bits per heavy atom. The zero-order valence-electron chi connectivity index (χ0n) is 21.0. The molecule has 0 fully saturated rings. The van der Waals surface area contributed by atoms with Crippen LogP contribution in [0.5, 0.6) is 17.2 Å². The maximum atomic E-state index is 12.5. The molecule has 0 saturated carbocycles. The quantitative estimate of drug-likeness (QED) is 0.188. The van der Waals surface area contributed by atoms with E-state index >= 15 is 0 Å². The molecule has 1 heterocycles. The molecular weight excluding hydrogens is 490 g/mol. The van der Waals surface area contributed by atoms with Gasteiger partial charge in [-0.25, -0.2) is 5.43 Å². The standard InChI is InChI=1S/C27H27N5O4S/c1-18-5-10-21(11-6-18)32-26(20-8-12-22(34-2)13-9-20)30-31-27(32)37-17-25(33)29-28-16-19-7-14-23(35-3)24(15-19)36-4/h5-16H,17H2,1-4H3,(H,29,33)/b28-16-. The number of methoxy groups -OCH3 is 3. The molecule has 10 heteroatoms. The third-order valence-corrected chi connectivity index (χ3v) is 6.35. The van der Waals surface area contributed by atoms with Crippen LogP contribution >= 0.6 is 11.8 Å². The number of thioether (sulfide) groups is 1. The van der Waals surface area contributed by atoms with Crippen molar-refractivity contribution < 1.29 is 19.0 Å². The predicted molar refractivity (Wildman–Crippen MR) is 144 cm³/mol. The molecule has 0 aliphatic rings. The first-order valence-electron chi connectivity index (χ1n) is 11.4. The summed E-state index contributed by atoms with van der Waals surface area (Å²) >= 11 is 1.28. The SMILES string of the molecule is COc1ccc(-c2nnc(SCC(=O)N/N=C\c3ccc(OC)c(OC)c3)n2-c2ccc(C)cc2)cc1. The first kappa shape index (κ1) is 25.8. The number of aryl methyl sites for hydroxylation is 1. The van der Waals surface area contributed by atoms with Crippen LogP contribution in [0.15, 0.2) is 77.0 Å². The van der Waals surface area contributed by atoms with Gasteiger partial charge in [0, 0.05) is 11.3 Å². The van der Waals surface area contributed by atoms with Crippen molar-refractivity contribution in [2.45, 2.75) is 12.1 Å². The zero-order chi connectivity index (χ0) is 26.2. The molecule has 0 atom stereocenters. The number of carbonyl (C=O) groups excluding carboxylic acids is 1. The summed E-state index contributed by atoms with van der Waals surface area (Å²) in [6.07, 6.45) is 1.54. The Bertz CT molecular complexity index is 1390. The summed E-state index contributed by atoms with van der Waals surface area (Å²) in [5, 5.41) is 13.4. The Labute approximate surface area is 219 Å². The minimum Gasteiger partial charge on any atom is -0.497 e. The molecule has 190 valence electrons. The van der Waals surface area contributed by atoms with Gasteiger partial charge in [-0.15, -0.1) is 10.2 Å². The molecule has 1 amide bonds. The minimum absolute atomic E-state index is 0.107. The first-order chi connectivity index (χ1) is 18.0. The van der Waals surface area contributed by atoms with Gasteiger partial charge in [-0.2, -0.15) is 5.10 Å². The van der Waals surface area contributed by atoms with Crippen molar-refractivity contribution in [3.05, 3.63) is 77.9 Å². The summed E-state index contributed by atoms with van der Waals surface area (Å²) in [7, 11) is 4.76. The second-order valence-corrected chi connectivity index (χ2v) is 8.84. The van der Waals surface area contributed by atoms with Gasteiger partial charge >= 0.3 is 0 Å². The second-order valence-electron chi connectivity index (χ2n) is 7.90. The highest BCUT2D eigenvalue weighted by molar-refractivity contribution is 7.99. The van der Waals surface area contributed by atoms with Gasteiger partial charge in [-0.3, -0.25) is 9.36 Å². The Morgan fingerprint density at radius 3 is 2.35 bits per heavy atom. The van der Waals surface area contributed by atoms with Crippen LogP contribution in [-0.2, 0) is 4.79 Å². The van der Waals surface area contributed by atoms with E-state index in [1.807, 2.05) is 66.1 Å². The maximum Gasteiger partial charge on any atom is 0.250 e. The van der Waals surface area contributed by atoms with Crippen molar-refractivity contribution in [3.63, 3.8) is 0 Å². The molecule has 0 aliphatic carbocycles. The lowest BCUT2D eigenvalue weighted by molar-refractivity contribution is -0.118. The van der Waals surface area contributed by atoms with Crippen molar-refractivity contribution in [1.29, 1.82) is 0 Å².